The smallest absolute Gasteiger partial charge is 0.188 e. The van der Waals surface area contributed by atoms with E-state index < -0.39 is 0 Å². The van der Waals surface area contributed by atoms with Crippen molar-refractivity contribution in [2.75, 3.05) is 23.0 Å². The zero-order valence-corrected chi connectivity index (χ0v) is 15.6. The Hall–Kier alpha value is 0.0800. The van der Waals surface area contributed by atoms with Crippen molar-refractivity contribution >= 4 is 67.5 Å². The van der Waals surface area contributed by atoms with Gasteiger partial charge in [0.2, 0.25) is 0 Å². The van der Waals surface area contributed by atoms with Gasteiger partial charge >= 0.3 is 0 Å². The van der Waals surface area contributed by atoms with Gasteiger partial charge in [-0.05, 0) is 12.8 Å². The number of thioether (sulfide) groups is 4. The first-order valence-corrected chi connectivity index (χ1v) is 11.1. The van der Waals surface area contributed by atoms with Gasteiger partial charge in [0.15, 0.2) is 20.5 Å². The monoisotopic (exact) mass is 380 g/mol. The summed E-state index contributed by atoms with van der Waals surface area (Å²) in [6, 6.07) is 0. The van der Waals surface area contributed by atoms with Crippen LogP contribution in [-0.4, -0.2) is 43.5 Å². The highest BCUT2D eigenvalue weighted by Crippen LogP contribution is 2.18. The topological polar surface area (TPSA) is 68.3 Å². The van der Waals surface area contributed by atoms with Gasteiger partial charge in [0.05, 0.1) is 0 Å². The maximum Gasteiger partial charge on any atom is 0.188 e. The number of hydrogen-bond donors (Lipinski definition) is 0. The minimum Gasteiger partial charge on any atom is -0.287 e. The molecule has 0 aliphatic carbocycles. The van der Waals surface area contributed by atoms with Crippen LogP contribution >= 0.6 is 47.0 Å². The van der Waals surface area contributed by atoms with Crippen molar-refractivity contribution in [2.24, 2.45) is 0 Å². The van der Waals surface area contributed by atoms with Gasteiger partial charge in [-0.3, -0.25) is 19.2 Å². The SMILES string of the molecule is O=C1CCCC(=O)SCCSC(=O)CCCC(=O)SCCS1. The first-order chi connectivity index (χ1) is 10.6. The summed E-state index contributed by atoms with van der Waals surface area (Å²) in [7, 11) is 0. The van der Waals surface area contributed by atoms with Crippen LogP contribution < -0.4 is 0 Å². The third-order valence-corrected chi connectivity index (χ3v) is 7.00. The van der Waals surface area contributed by atoms with Crippen LogP contribution in [0, 0.1) is 0 Å². The zero-order chi connectivity index (χ0) is 16.2. The predicted octanol–water partition coefficient (Wildman–Crippen LogP) is 3.38. The first kappa shape index (κ1) is 20.1. The summed E-state index contributed by atoms with van der Waals surface area (Å²) in [6.07, 6.45) is 2.78. The summed E-state index contributed by atoms with van der Waals surface area (Å²) in [5.41, 5.74) is 0. The van der Waals surface area contributed by atoms with Crippen molar-refractivity contribution in [3.63, 3.8) is 0 Å². The lowest BCUT2D eigenvalue weighted by Gasteiger charge is -2.04. The van der Waals surface area contributed by atoms with Gasteiger partial charge in [-0.25, -0.2) is 0 Å². The molecule has 1 aliphatic rings. The molecule has 0 N–H and O–H groups in total. The van der Waals surface area contributed by atoms with Gasteiger partial charge in [-0.2, -0.15) is 0 Å². The van der Waals surface area contributed by atoms with Gasteiger partial charge in [0.25, 0.3) is 0 Å². The lowest BCUT2D eigenvalue weighted by molar-refractivity contribution is -0.113. The third kappa shape index (κ3) is 10.7. The van der Waals surface area contributed by atoms with E-state index in [0.717, 1.165) is 0 Å². The van der Waals surface area contributed by atoms with Gasteiger partial charge in [-0.15, -0.1) is 0 Å². The molecule has 1 aliphatic heterocycles. The van der Waals surface area contributed by atoms with Crippen molar-refractivity contribution in [1.82, 2.24) is 0 Å². The molecule has 0 bridgehead atoms. The minimum absolute atomic E-state index is 0.0908. The molecule has 124 valence electrons. The van der Waals surface area contributed by atoms with Crippen molar-refractivity contribution in [1.29, 1.82) is 0 Å². The quantitative estimate of drug-likeness (QED) is 0.633. The molecule has 1 fully saturated rings. The third-order valence-electron chi connectivity index (χ3n) is 2.74. The number of hydrogen-bond acceptors (Lipinski definition) is 8. The van der Waals surface area contributed by atoms with Crippen LogP contribution in [-0.2, 0) is 19.2 Å². The fourth-order valence-electron chi connectivity index (χ4n) is 1.66. The predicted molar refractivity (Wildman–Crippen MR) is 97.6 cm³/mol. The van der Waals surface area contributed by atoms with E-state index in [1.807, 2.05) is 0 Å². The van der Waals surface area contributed by atoms with Gasteiger partial charge in [0, 0.05) is 48.7 Å². The Kier molecular flexibility index (Phi) is 11.4. The van der Waals surface area contributed by atoms with Gasteiger partial charge in [-0.1, -0.05) is 47.0 Å². The molecule has 8 heteroatoms. The molecular weight excluding hydrogens is 360 g/mol. The normalized spacial score (nSPS) is 22.2. The van der Waals surface area contributed by atoms with E-state index in [0.29, 0.717) is 61.5 Å². The van der Waals surface area contributed by atoms with Crippen LogP contribution in [0.5, 0.6) is 0 Å². The summed E-state index contributed by atoms with van der Waals surface area (Å²) >= 11 is 4.94. The second-order valence-corrected chi connectivity index (χ2v) is 9.20. The molecule has 0 spiro atoms. The summed E-state index contributed by atoms with van der Waals surface area (Å²) < 4.78 is 0. The Balaban J connectivity index is 2.38. The van der Waals surface area contributed by atoms with E-state index in [1.54, 1.807) is 0 Å². The molecular formula is C14H20O4S4. The zero-order valence-electron chi connectivity index (χ0n) is 12.3. The Morgan fingerprint density at radius 2 is 0.682 bits per heavy atom. The average molecular weight is 381 g/mol. The second-order valence-electron chi connectivity index (χ2n) is 4.59. The molecule has 22 heavy (non-hydrogen) atoms. The molecule has 0 saturated carbocycles. The summed E-state index contributed by atoms with van der Waals surface area (Å²) in [5.74, 6) is 2.47. The number of rotatable bonds is 0. The Bertz CT molecular complexity index is 338. The maximum absolute atomic E-state index is 11.6. The molecule has 0 radical (unpaired) electrons. The van der Waals surface area contributed by atoms with Crippen LogP contribution in [0.25, 0.3) is 0 Å². The number of carbonyl (C=O) groups is 4. The number of carbonyl (C=O) groups excluding carboxylic acids is 4. The summed E-state index contributed by atoms with van der Waals surface area (Å²) in [6.45, 7) is 0. The van der Waals surface area contributed by atoms with Gasteiger partial charge in [0.1, 0.15) is 0 Å². The molecule has 1 heterocycles. The molecule has 0 unspecified atom stereocenters. The molecule has 0 aromatic heterocycles. The van der Waals surface area contributed by atoms with Crippen LogP contribution in [0.4, 0.5) is 0 Å². The fourth-order valence-corrected chi connectivity index (χ4v) is 5.06. The van der Waals surface area contributed by atoms with Crippen molar-refractivity contribution in [3.05, 3.63) is 0 Å². The van der Waals surface area contributed by atoms with Crippen LogP contribution in [0.1, 0.15) is 38.5 Å². The lowest BCUT2D eigenvalue weighted by atomic mass is 10.3. The minimum atomic E-state index is 0.0908. The van der Waals surface area contributed by atoms with Crippen molar-refractivity contribution < 1.29 is 19.2 Å². The summed E-state index contributed by atoms with van der Waals surface area (Å²) in [5, 5.41) is 0.363. The highest BCUT2D eigenvalue weighted by molar-refractivity contribution is 8.17. The maximum atomic E-state index is 11.6. The molecule has 4 nitrogen and oxygen atoms in total. The first-order valence-electron chi connectivity index (χ1n) is 7.20. The second kappa shape index (κ2) is 12.5. The Labute approximate surface area is 148 Å². The molecule has 1 saturated heterocycles. The molecule has 0 aromatic rings. The molecule has 0 atom stereocenters. The fraction of sp³-hybridized carbons (Fsp3) is 0.714. The molecule has 0 amide bonds. The standard InChI is InChI=1S/C14H20O4S4/c15-11-3-1-4-12(16)20-8-10-22-14(18)6-2-5-13(17)21-9-7-19-11/h1-10H2. The van der Waals surface area contributed by atoms with Crippen molar-refractivity contribution in [3.8, 4) is 0 Å². The van der Waals surface area contributed by atoms with E-state index in [4.69, 9.17) is 0 Å². The van der Waals surface area contributed by atoms with E-state index in [1.165, 1.54) is 47.0 Å². The van der Waals surface area contributed by atoms with E-state index >= 15 is 0 Å². The highest BCUT2D eigenvalue weighted by Gasteiger charge is 2.10. The Morgan fingerprint density at radius 3 is 0.909 bits per heavy atom. The van der Waals surface area contributed by atoms with E-state index in [-0.39, 0.29) is 20.5 Å². The Morgan fingerprint density at radius 1 is 0.455 bits per heavy atom. The average Bonchev–Trinajstić information content (AvgIpc) is 2.47. The van der Waals surface area contributed by atoms with E-state index in [2.05, 4.69) is 0 Å². The van der Waals surface area contributed by atoms with Crippen molar-refractivity contribution in [2.45, 2.75) is 38.5 Å². The largest absolute Gasteiger partial charge is 0.287 e. The molecule has 0 aromatic carbocycles. The molecule has 1 rings (SSSR count). The van der Waals surface area contributed by atoms with Crippen LogP contribution in [0.15, 0.2) is 0 Å². The van der Waals surface area contributed by atoms with Crippen LogP contribution in [0.3, 0.4) is 0 Å². The van der Waals surface area contributed by atoms with Gasteiger partial charge < -0.3 is 0 Å². The van der Waals surface area contributed by atoms with Crippen LogP contribution in [0.2, 0.25) is 0 Å². The lowest BCUT2D eigenvalue weighted by Crippen LogP contribution is -2.03. The summed E-state index contributed by atoms with van der Waals surface area (Å²) in [4.78, 5) is 46.4. The highest BCUT2D eigenvalue weighted by atomic mass is 32.2. The van der Waals surface area contributed by atoms with E-state index in [9.17, 15) is 19.2 Å².